The molecule has 0 aliphatic heterocycles. The Morgan fingerprint density at radius 1 is 0.857 bits per heavy atom. The second kappa shape index (κ2) is 10.0. The van der Waals surface area contributed by atoms with Crippen LogP contribution in [-0.4, -0.2) is 22.9 Å². The van der Waals surface area contributed by atoms with E-state index in [9.17, 15) is 14.7 Å². The van der Waals surface area contributed by atoms with Gasteiger partial charge in [-0.2, -0.15) is 0 Å². The van der Waals surface area contributed by atoms with E-state index in [1.807, 2.05) is 18.2 Å². The molecule has 0 bridgehead atoms. The van der Waals surface area contributed by atoms with Crippen molar-refractivity contribution in [2.45, 2.75) is 125 Å². The van der Waals surface area contributed by atoms with E-state index >= 15 is 0 Å². The van der Waals surface area contributed by atoms with Crippen LogP contribution in [0.1, 0.15) is 125 Å². The number of hydrogen-bond donors (Lipinski definition) is 2. The molecule has 5 aliphatic carbocycles. The first kappa shape index (κ1) is 30.1. The van der Waals surface area contributed by atoms with Gasteiger partial charge in [0.05, 0.1) is 11.5 Å². The molecule has 1 aromatic carbocycles. The van der Waals surface area contributed by atoms with Gasteiger partial charge in [0.15, 0.2) is 5.78 Å². The highest BCUT2D eigenvalue weighted by Gasteiger charge is 2.67. The first-order chi connectivity index (χ1) is 19.7. The van der Waals surface area contributed by atoms with Crippen molar-refractivity contribution in [3.63, 3.8) is 0 Å². The van der Waals surface area contributed by atoms with E-state index in [0.717, 1.165) is 55.3 Å². The monoisotopic (exact) mass is 573 g/mol. The van der Waals surface area contributed by atoms with E-state index in [1.165, 1.54) is 18.4 Å². The third kappa shape index (κ3) is 4.09. The largest absolute Gasteiger partial charge is 0.393 e. The lowest BCUT2D eigenvalue weighted by molar-refractivity contribution is -0.203. The lowest BCUT2D eigenvalue weighted by atomic mass is 9.36. The predicted octanol–water partition coefficient (Wildman–Crippen LogP) is 8.70. The Kier molecular flexibility index (Phi) is 7.20. The minimum absolute atomic E-state index is 0.0408. The summed E-state index contributed by atoms with van der Waals surface area (Å²) in [5.41, 5.74) is 3.89. The van der Waals surface area contributed by atoms with E-state index in [0.29, 0.717) is 36.0 Å². The standard InChI is InChI=1S/C38H55NO3/c1-22(2)24-11-9-10-12-27(24)39-34(42)38-20-15-26-25(33(38)32(23(3)4)28(40)21-38)13-14-30-36(26,7)18-16-29-35(5,6)31(41)17-19-37(29,30)8/h9-12,22-23,25-26,29-31,41H,13-21H2,1-8H3,(H,39,42)/t25?,26?,29?,30?,31-,36-,37-,38?/m0/s1. The molecule has 0 aromatic heterocycles. The highest BCUT2D eigenvalue weighted by Crippen LogP contribution is 2.72. The van der Waals surface area contributed by atoms with Crippen LogP contribution in [0.4, 0.5) is 5.69 Å². The summed E-state index contributed by atoms with van der Waals surface area (Å²) < 4.78 is 0. The van der Waals surface area contributed by atoms with Gasteiger partial charge in [-0.1, -0.05) is 73.6 Å². The lowest BCUT2D eigenvalue weighted by Gasteiger charge is -2.68. The number of fused-ring (bicyclic) bond motifs is 7. The van der Waals surface area contributed by atoms with Gasteiger partial charge in [0.1, 0.15) is 0 Å². The van der Waals surface area contributed by atoms with E-state index < -0.39 is 5.41 Å². The van der Waals surface area contributed by atoms with Crippen molar-refractivity contribution in [1.82, 2.24) is 0 Å². The third-order valence-corrected chi connectivity index (χ3v) is 13.8. The van der Waals surface area contributed by atoms with Crippen molar-refractivity contribution in [2.75, 3.05) is 5.32 Å². The van der Waals surface area contributed by atoms with Crippen LogP contribution in [-0.2, 0) is 9.59 Å². The predicted molar refractivity (Wildman–Crippen MR) is 170 cm³/mol. The number of aliphatic hydroxyl groups is 1. The van der Waals surface area contributed by atoms with Gasteiger partial charge in [0, 0.05) is 12.1 Å². The summed E-state index contributed by atoms with van der Waals surface area (Å²) in [5.74, 6) is 2.65. The number of carbonyl (C=O) groups excluding carboxylic acids is 2. The number of rotatable bonds is 4. The molecule has 0 spiro atoms. The van der Waals surface area contributed by atoms with Gasteiger partial charge >= 0.3 is 0 Å². The molecular weight excluding hydrogens is 518 g/mol. The van der Waals surface area contributed by atoms with Gasteiger partial charge in [0.2, 0.25) is 5.91 Å². The van der Waals surface area contributed by atoms with Crippen LogP contribution in [0.5, 0.6) is 0 Å². The second-order valence-electron chi connectivity index (χ2n) is 16.7. The summed E-state index contributed by atoms with van der Waals surface area (Å²) in [7, 11) is 0. The van der Waals surface area contributed by atoms with Crippen LogP contribution in [0.2, 0.25) is 0 Å². The van der Waals surface area contributed by atoms with E-state index in [4.69, 9.17) is 0 Å². The van der Waals surface area contributed by atoms with Crippen molar-refractivity contribution in [3.8, 4) is 0 Å². The van der Waals surface area contributed by atoms with Crippen LogP contribution in [0.3, 0.4) is 0 Å². The highest BCUT2D eigenvalue weighted by molar-refractivity contribution is 6.10. The molecule has 8 atom stereocenters. The molecule has 4 heteroatoms. The summed E-state index contributed by atoms with van der Waals surface area (Å²) in [6.07, 6.45) is 8.52. The van der Waals surface area contributed by atoms with Crippen molar-refractivity contribution in [1.29, 1.82) is 0 Å². The number of ketones is 1. The Morgan fingerprint density at radius 3 is 2.24 bits per heavy atom. The summed E-state index contributed by atoms with van der Waals surface area (Å²) >= 11 is 0. The molecule has 0 heterocycles. The van der Waals surface area contributed by atoms with E-state index in [1.54, 1.807) is 0 Å². The molecule has 5 unspecified atom stereocenters. The Balaban J connectivity index is 1.38. The quantitative estimate of drug-likeness (QED) is 0.379. The highest BCUT2D eigenvalue weighted by atomic mass is 16.3. The fraction of sp³-hybridized carbons (Fsp3) is 0.737. The zero-order chi connectivity index (χ0) is 30.4. The van der Waals surface area contributed by atoms with Gasteiger partial charge in [-0.3, -0.25) is 9.59 Å². The molecule has 4 nitrogen and oxygen atoms in total. The summed E-state index contributed by atoms with van der Waals surface area (Å²) in [6, 6.07) is 8.16. The molecule has 0 saturated heterocycles. The third-order valence-electron chi connectivity index (χ3n) is 13.8. The van der Waals surface area contributed by atoms with Crippen LogP contribution in [0, 0.1) is 51.2 Å². The number of para-hydroxylation sites is 1. The molecule has 1 amide bonds. The van der Waals surface area contributed by atoms with Crippen molar-refractivity contribution >= 4 is 17.4 Å². The Hall–Kier alpha value is -1.94. The van der Waals surface area contributed by atoms with Gasteiger partial charge in [-0.25, -0.2) is 0 Å². The fourth-order valence-electron chi connectivity index (χ4n) is 11.9. The minimum atomic E-state index is -0.719. The number of allylic oxidation sites excluding steroid dienone is 1. The minimum Gasteiger partial charge on any atom is -0.393 e. The molecule has 42 heavy (non-hydrogen) atoms. The number of benzene rings is 1. The topological polar surface area (TPSA) is 66.4 Å². The first-order valence-corrected chi connectivity index (χ1v) is 17.0. The molecule has 2 N–H and O–H groups in total. The number of nitrogens with one attached hydrogen (secondary N) is 1. The van der Waals surface area contributed by atoms with Crippen molar-refractivity contribution < 1.29 is 14.7 Å². The molecule has 1 aromatic rings. The zero-order valence-corrected chi connectivity index (χ0v) is 27.5. The summed E-state index contributed by atoms with van der Waals surface area (Å²) in [5, 5.41) is 14.4. The van der Waals surface area contributed by atoms with Gasteiger partial charge < -0.3 is 10.4 Å². The number of amides is 1. The molecule has 0 radical (unpaired) electrons. The van der Waals surface area contributed by atoms with Crippen molar-refractivity contribution in [2.24, 2.45) is 51.2 Å². The Morgan fingerprint density at radius 2 is 1.55 bits per heavy atom. The SMILES string of the molecule is CC(C)C1=C2C3CCC4[C@@](C)(CCC5C(C)(C)[C@@H](O)CC[C@@]54C)C3CCC2(C(=O)Nc2ccccc2C(C)C)CC1=O. The molecule has 4 saturated carbocycles. The Bertz CT molecular complexity index is 1310. The maximum absolute atomic E-state index is 14.5. The van der Waals surface area contributed by atoms with Gasteiger partial charge in [-0.15, -0.1) is 0 Å². The zero-order valence-electron chi connectivity index (χ0n) is 27.5. The van der Waals surface area contributed by atoms with Crippen LogP contribution < -0.4 is 5.32 Å². The molecule has 230 valence electrons. The number of aliphatic hydroxyl groups excluding tert-OH is 1. The maximum Gasteiger partial charge on any atom is 0.235 e. The molecule has 5 aliphatic rings. The number of anilines is 1. The lowest BCUT2D eigenvalue weighted by Crippen LogP contribution is -2.62. The average molecular weight is 574 g/mol. The molecular formula is C38H55NO3. The molecule has 4 fully saturated rings. The smallest absolute Gasteiger partial charge is 0.235 e. The molecule has 6 rings (SSSR count). The number of hydrogen-bond acceptors (Lipinski definition) is 3. The fourth-order valence-corrected chi connectivity index (χ4v) is 11.9. The second-order valence-corrected chi connectivity index (χ2v) is 16.7. The Labute approximate surface area is 254 Å². The summed E-state index contributed by atoms with van der Waals surface area (Å²) in [4.78, 5) is 28.4. The normalized spacial score (nSPS) is 40.8. The summed E-state index contributed by atoms with van der Waals surface area (Å²) in [6.45, 7) is 18.4. The van der Waals surface area contributed by atoms with Crippen LogP contribution in [0.15, 0.2) is 35.4 Å². The van der Waals surface area contributed by atoms with Crippen molar-refractivity contribution in [3.05, 3.63) is 41.0 Å². The van der Waals surface area contributed by atoms with Crippen LogP contribution >= 0.6 is 0 Å². The first-order valence-electron chi connectivity index (χ1n) is 17.0. The van der Waals surface area contributed by atoms with E-state index in [-0.39, 0.29) is 40.0 Å². The average Bonchev–Trinajstić information content (AvgIpc) is 3.24. The number of Topliss-reactive ketones (excluding diaryl/α,β-unsaturated/α-hetero) is 1. The van der Waals surface area contributed by atoms with Gasteiger partial charge in [0.25, 0.3) is 0 Å². The maximum atomic E-state index is 14.5. The number of carbonyl (C=O) groups is 2. The van der Waals surface area contributed by atoms with E-state index in [2.05, 4.69) is 66.8 Å². The van der Waals surface area contributed by atoms with Crippen LogP contribution in [0.25, 0.3) is 0 Å². The van der Waals surface area contributed by atoms with Gasteiger partial charge in [-0.05, 0) is 126 Å².